The van der Waals surface area contributed by atoms with Crippen molar-refractivity contribution in [1.82, 2.24) is 9.97 Å². The van der Waals surface area contributed by atoms with E-state index in [1.807, 2.05) is 12.1 Å². The zero-order valence-electron chi connectivity index (χ0n) is 12.7. The maximum absolute atomic E-state index is 5.59. The highest BCUT2D eigenvalue weighted by molar-refractivity contribution is 5.39. The molecule has 1 aliphatic rings. The van der Waals surface area contributed by atoms with E-state index in [4.69, 9.17) is 4.74 Å². The monoisotopic (exact) mass is 298 g/mol. The van der Waals surface area contributed by atoms with Crippen LogP contribution in [-0.4, -0.2) is 35.8 Å². The van der Waals surface area contributed by atoms with Crippen LogP contribution in [0, 0.1) is 0 Å². The van der Waals surface area contributed by atoms with Crippen molar-refractivity contribution in [2.45, 2.75) is 25.4 Å². The van der Waals surface area contributed by atoms with Crippen molar-refractivity contribution in [3.05, 3.63) is 48.2 Å². The molecule has 1 saturated heterocycles. The zero-order valence-corrected chi connectivity index (χ0v) is 12.7. The molecule has 2 heterocycles. The third kappa shape index (κ3) is 4.43. The van der Waals surface area contributed by atoms with Crippen molar-refractivity contribution >= 4 is 11.8 Å². The number of aromatic nitrogens is 2. The largest absolute Gasteiger partial charge is 0.376 e. The summed E-state index contributed by atoms with van der Waals surface area (Å²) in [5, 5.41) is 6.59. The van der Waals surface area contributed by atoms with Gasteiger partial charge in [-0.1, -0.05) is 30.3 Å². The van der Waals surface area contributed by atoms with Gasteiger partial charge in [0, 0.05) is 25.9 Å². The minimum atomic E-state index is 0.290. The molecule has 0 amide bonds. The number of hydrogen-bond donors (Lipinski definition) is 2. The number of anilines is 2. The van der Waals surface area contributed by atoms with Crippen LogP contribution in [0.15, 0.2) is 42.6 Å². The lowest BCUT2D eigenvalue weighted by Crippen LogP contribution is -2.19. The third-order valence-corrected chi connectivity index (χ3v) is 3.73. The lowest BCUT2D eigenvalue weighted by atomic mass is 10.1. The van der Waals surface area contributed by atoms with Gasteiger partial charge in [0.1, 0.15) is 5.82 Å². The Hall–Kier alpha value is -2.14. The molecule has 5 nitrogen and oxygen atoms in total. The molecule has 0 radical (unpaired) electrons. The number of rotatable bonds is 7. The van der Waals surface area contributed by atoms with E-state index in [9.17, 15) is 0 Å². The van der Waals surface area contributed by atoms with Gasteiger partial charge >= 0.3 is 0 Å². The Morgan fingerprint density at radius 3 is 2.86 bits per heavy atom. The third-order valence-electron chi connectivity index (χ3n) is 3.73. The van der Waals surface area contributed by atoms with E-state index in [0.29, 0.717) is 12.1 Å². The second-order valence-corrected chi connectivity index (χ2v) is 5.44. The Balaban J connectivity index is 1.46. The summed E-state index contributed by atoms with van der Waals surface area (Å²) in [6.45, 7) is 2.49. The fourth-order valence-electron chi connectivity index (χ4n) is 2.53. The Labute approximate surface area is 131 Å². The fraction of sp³-hybridized carbons (Fsp3) is 0.412. The number of hydrogen-bond acceptors (Lipinski definition) is 5. The molecule has 1 aromatic carbocycles. The lowest BCUT2D eigenvalue weighted by Gasteiger charge is -2.11. The molecule has 1 aliphatic heterocycles. The van der Waals surface area contributed by atoms with Gasteiger partial charge in [0.15, 0.2) is 0 Å². The summed E-state index contributed by atoms with van der Waals surface area (Å²) < 4.78 is 5.59. The van der Waals surface area contributed by atoms with E-state index < -0.39 is 0 Å². The maximum Gasteiger partial charge on any atom is 0.224 e. The smallest absolute Gasteiger partial charge is 0.224 e. The van der Waals surface area contributed by atoms with Gasteiger partial charge in [0.05, 0.1) is 6.10 Å². The minimum Gasteiger partial charge on any atom is -0.376 e. The fourth-order valence-corrected chi connectivity index (χ4v) is 2.53. The lowest BCUT2D eigenvalue weighted by molar-refractivity contribution is 0.120. The molecule has 0 aliphatic carbocycles. The molecular weight excluding hydrogens is 276 g/mol. The first-order chi connectivity index (χ1) is 10.9. The van der Waals surface area contributed by atoms with Crippen molar-refractivity contribution in [2.75, 3.05) is 30.3 Å². The molecule has 1 fully saturated rings. The minimum absolute atomic E-state index is 0.290. The van der Waals surface area contributed by atoms with Crippen LogP contribution >= 0.6 is 0 Å². The second kappa shape index (κ2) is 7.75. The van der Waals surface area contributed by atoms with Crippen molar-refractivity contribution in [3.63, 3.8) is 0 Å². The highest BCUT2D eigenvalue weighted by Gasteiger charge is 2.15. The average molecular weight is 298 g/mol. The van der Waals surface area contributed by atoms with Crippen molar-refractivity contribution in [3.8, 4) is 0 Å². The van der Waals surface area contributed by atoms with E-state index in [2.05, 4.69) is 44.9 Å². The van der Waals surface area contributed by atoms with Gasteiger partial charge in [0.2, 0.25) is 5.95 Å². The van der Waals surface area contributed by atoms with Crippen molar-refractivity contribution < 1.29 is 4.74 Å². The Morgan fingerprint density at radius 2 is 2.05 bits per heavy atom. The van der Waals surface area contributed by atoms with Gasteiger partial charge in [-0.05, 0) is 30.9 Å². The summed E-state index contributed by atoms with van der Waals surface area (Å²) in [5.41, 5.74) is 1.32. The summed E-state index contributed by atoms with van der Waals surface area (Å²) in [5.74, 6) is 1.50. The van der Waals surface area contributed by atoms with Crippen LogP contribution in [0.3, 0.4) is 0 Å². The van der Waals surface area contributed by atoms with Crippen LogP contribution in [0.1, 0.15) is 18.4 Å². The van der Waals surface area contributed by atoms with E-state index in [1.54, 1.807) is 6.20 Å². The second-order valence-electron chi connectivity index (χ2n) is 5.44. The van der Waals surface area contributed by atoms with E-state index in [0.717, 1.165) is 44.8 Å². The molecule has 3 rings (SSSR count). The quantitative estimate of drug-likeness (QED) is 0.823. The topological polar surface area (TPSA) is 59.1 Å². The van der Waals surface area contributed by atoms with Gasteiger partial charge in [-0.2, -0.15) is 4.98 Å². The zero-order chi connectivity index (χ0) is 15.0. The maximum atomic E-state index is 5.59. The molecule has 22 heavy (non-hydrogen) atoms. The molecule has 0 spiro atoms. The van der Waals surface area contributed by atoms with Gasteiger partial charge in [-0.25, -0.2) is 4.98 Å². The SMILES string of the molecule is c1ccc(CCNc2ccnc(NCC3CCCO3)n2)cc1. The summed E-state index contributed by atoms with van der Waals surface area (Å²) >= 11 is 0. The molecule has 116 valence electrons. The van der Waals surface area contributed by atoms with E-state index in [1.165, 1.54) is 5.56 Å². The molecule has 5 heteroatoms. The van der Waals surface area contributed by atoms with Crippen LogP contribution < -0.4 is 10.6 Å². The molecule has 2 aromatic rings. The first kappa shape index (κ1) is 14.8. The summed E-state index contributed by atoms with van der Waals surface area (Å²) in [6, 6.07) is 12.3. The molecule has 1 atom stereocenters. The highest BCUT2D eigenvalue weighted by Crippen LogP contribution is 2.13. The summed E-state index contributed by atoms with van der Waals surface area (Å²) in [7, 11) is 0. The van der Waals surface area contributed by atoms with Crippen LogP contribution in [-0.2, 0) is 11.2 Å². The predicted octanol–water partition coefficient (Wildman–Crippen LogP) is 2.72. The van der Waals surface area contributed by atoms with Crippen LogP contribution in [0.5, 0.6) is 0 Å². The van der Waals surface area contributed by atoms with Gasteiger partial charge in [-0.15, -0.1) is 0 Å². The van der Waals surface area contributed by atoms with Gasteiger partial charge in [0.25, 0.3) is 0 Å². The van der Waals surface area contributed by atoms with Gasteiger partial charge in [-0.3, -0.25) is 0 Å². The normalized spacial score (nSPS) is 17.4. The van der Waals surface area contributed by atoms with Crippen LogP contribution in [0.25, 0.3) is 0 Å². The first-order valence-electron chi connectivity index (χ1n) is 7.86. The molecule has 2 N–H and O–H groups in total. The van der Waals surface area contributed by atoms with Gasteiger partial charge < -0.3 is 15.4 Å². The Morgan fingerprint density at radius 1 is 1.14 bits per heavy atom. The number of benzene rings is 1. The van der Waals surface area contributed by atoms with Crippen LogP contribution in [0.2, 0.25) is 0 Å². The highest BCUT2D eigenvalue weighted by atomic mass is 16.5. The van der Waals surface area contributed by atoms with E-state index in [-0.39, 0.29) is 0 Å². The first-order valence-corrected chi connectivity index (χ1v) is 7.86. The van der Waals surface area contributed by atoms with Crippen molar-refractivity contribution in [1.29, 1.82) is 0 Å². The molecule has 0 bridgehead atoms. The average Bonchev–Trinajstić information content (AvgIpc) is 3.08. The summed E-state index contributed by atoms with van der Waals surface area (Å²) in [4.78, 5) is 8.72. The number of nitrogens with one attached hydrogen (secondary N) is 2. The summed E-state index contributed by atoms with van der Waals surface area (Å²) in [6.07, 6.45) is 5.30. The van der Waals surface area contributed by atoms with Crippen LogP contribution in [0.4, 0.5) is 11.8 Å². The Kier molecular flexibility index (Phi) is 5.21. The number of ether oxygens (including phenoxy) is 1. The standard InChI is InChI=1S/C17H22N4O/c1-2-5-14(6-3-1)8-10-18-16-9-11-19-17(21-16)20-13-15-7-4-12-22-15/h1-3,5-6,9,11,15H,4,7-8,10,12-13H2,(H2,18,19,20,21). The molecule has 0 saturated carbocycles. The molecule has 1 unspecified atom stereocenters. The van der Waals surface area contributed by atoms with E-state index >= 15 is 0 Å². The Bertz CT molecular complexity index is 570. The predicted molar refractivity (Wildman–Crippen MR) is 88.1 cm³/mol. The molecule has 1 aromatic heterocycles. The number of nitrogens with zero attached hydrogens (tertiary/aromatic N) is 2. The van der Waals surface area contributed by atoms with Crippen molar-refractivity contribution in [2.24, 2.45) is 0 Å². The molecular formula is C17H22N4O.